The van der Waals surface area contributed by atoms with Gasteiger partial charge in [0.05, 0.1) is 18.0 Å². The number of aliphatic imine (C=N–C) groups is 3. The highest BCUT2D eigenvalue weighted by atomic mass is 32.1. The van der Waals surface area contributed by atoms with Crippen LogP contribution in [0.4, 0.5) is 0 Å². The number of allylic oxidation sites excluding steroid dienone is 10. The summed E-state index contributed by atoms with van der Waals surface area (Å²) in [6, 6.07) is 28.7. The zero-order valence-corrected chi connectivity index (χ0v) is 32.9. The van der Waals surface area contributed by atoms with Gasteiger partial charge in [-0.25, -0.2) is 15.0 Å². The second-order valence-electron chi connectivity index (χ2n) is 16.1. The molecule has 1 saturated heterocycles. The molecule has 57 heavy (non-hydrogen) atoms. The Bertz CT molecular complexity index is 2640. The Balaban J connectivity index is 1.08. The van der Waals surface area contributed by atoms with Crippen LogP contribution in [0.1, 0.15) is 72.1 Å². The average molecular weight is 760 g/mol. The van der Waals surface area contributed by atoms with Crippen LogP contribution in [0.3, 0.4) is 0 Å². The highest BCUT2D eigenvalue weighted by molar-refractivity contribution is 7.19. The Morgan fingerprint density at radius 1 is 0.789 bits per heavy atom. The first-order chi connectivity index (χ1) is 28.2. The first-order valence-corrected chi connectivity index (χ1v) is 21.4. The highest BCUT2D eigenvalue weighted by Crippen LogP contribution is 2.54. The largest absolute Gasteiger partial charge is 0.348 e. The molecule has 4 heterocycles. The number of amidine groups is 3. The molecular weight excluding hydrogens is 715 g/mol. The van der Waals surface area contributed by atoms with Crippen molar-refractivity contribution >= 4 is 56.2 Å². The van der Waals surface area contributed by atoms with Crippen LogP contribution >= 0.6 is 11.3 Å². The number of thiophene rings is 1. The molecule has 11 rings (SSSR count). The zero-order chi connectivity index (χ0) is 37.9. The topological polar surface area (TPSA) is 52.4 Å². The summed E-state index contributed by atoms with van der Waals surface area (Å²) in [5.41, 5.74) is 10.4. The molecule has 0 radical (unpaired) electrons. The van der Waals surface area contributed by atoms with E-state index in [1.165, 1.54) is 53.9 Å². The number of rotatable bonds is 5. The Hall–Kier alpha value is -5.85. The molecular formula is C51H45N5S. The third-order valence-electron chi connectivity index (χ3n) is 12.8. The van der Waals surface area contributed by atoms with Crippen molar-refractivity contribution in [3.8, 4) is 0 Å². The Morgan fingerprint density at radius 3 is 2.40 bits per heavy atom. The van der Waals surface area contributed by atoms with E-state index in [1.807, 2.05) is 11.3 Å². The van der Waals surface area contributed by atoms with Gasteiger partial charge in [0.15, 0.2) is 5.84 Å². The smallest absolute Gasteiger partial charge is 0.159 e. The molecule has 1 fully saturated rings. The minimum atomic E-state index is -0.200. The SMILES string of the molecule is CC1C=CC=C2C3c4sc5ccccc5c4C=CC3N(C3=NC=C(c4ccccc4C4=CC=CCC4)CC3C3=NC(c4ccccc4)=NC(C4=CC=CCC4)N3)C21. The molecule has 6 unspecified atom stereocenters. The molecule has 0 bridgehead atoms. The van der Waals surface area contributed by atoms with E-state index < -0.39 is 0 Å². The molecule has 6 atom stereocenters. The summed E-state index contributed by atoms with van der Waals surface area (Å²) in [6.07, 6.45) is 32.2. The van der Waals surface area contributed by atoms with Crippen LogP contribution in [0.2, 0.25) is 0 Å². The molecule has 1 aromatic heterocycles. The number of hydrogen-bond acceptors (Lipinski definition) is 6. The standard InChI is InChI=1S/C51H45N5S/c1-32-16-15-26-41-45-43(29-28-40-39-25-13-14-27-44(39)57-47(40)45)56(46(32)41)51-42(30-36(31-52-51)38-24-12-11-23-37(38)33-17-5-2-6-18-33)50-54-48(34-19-7-3-8-20-34)53-49(55-50)35-21-9-4-10-22-35/h2-5,7-9,11-17,19-21,23-29,31-32,42-43,45-46,49H,6,10,18,22,30H2,1H3,(H,53,54,55). The van der Waals surface area contributed by atoms with Gasteiger partial charge in [0.1, 0.15) is 17.8 Å². The second-order valence-corrected chi connectivity index (χ2v) is 17.2. The normalized spacial score (nSPS) is 27.2. The van der Waals surface area contributed by atoms with Gasteiger partial charge in [-0.1, -0.05) is 147 Å². The molecule has 0 amide bonds. The van der Waals surface area contributed by atoms with E-state index in [4.69, 9.17) is 15.0 Å². The van der Waals surface area contributed by atoms with Gasteiger partial charge < -0.3 is 10.2 Å². The number of fused-ring (bicyclic) bond motifs is 7. The molecule has 3 aromatic carbocycles. The van der Waals surface area contributed by atoms with Gasteiger partial charge in [0.2, 0.25) is 0 Å². The zero-order valence-electron chi connectivity index (χ0n) is 32.1. The van der Waals surface area contributed by atoms with Gasteiger partial charge in [-0.15, -0.1) is 11.3 Å². The third-order valence-corrected chi connectivity index (χ3v) is 14.0. The monoisotopic (exact) mass is 759 g/mol. The van der Waals surface area contributed by atoms with Crippen LogP contribution in [0.25, 0.3) is 27.3 Å². The average Bonchev–Trinajstić information content (AvgIpc) is 3.84. The molecule has 4 aromatic rings. The summed E-state index contributed by atoms with van der Waals surface area (Å²) in [6.45, 7) is 2.38. The lowest BCUT2D eigenvalue weighted by molar-refractivity contribution is 0.301. The maximum absolute atomic E-state index is 5.64. The molecule has 5 nitrogen and oxygen atoms in total. The number of nitrogens with one attached hydrogen (secondary N) is 1. The van der Waals surface area contributed by atoms with Crippen molar-refractivity contribution in [2.45, 2.75) is 63.2 Å². The van der Waals surface area contributed by atoms with Crippen molar-refractivity contribution in [3.63, 3.8) is 0 Å². The summed E-state index contributed by atoms with van der Waals surface area (Å²) in [7, 11) is 0. The van der Waals surface area contributed by atoms with E-state index >= 15 is 0 Å². The van der Waals surface area contributed by atoms with Crippen LogP contribution in [-0.4, -0.2) is 40.7 Å². The lowest BCUT2D eigenvalue weighted by atomic mass is 9.81. The van der Waals surface area contributed by atoms with Gasteiger partial charge >= 0.3 is 0 Å². The minimum absolute atomic E-state index is 0.120. The lowest BCUT2D eigenvalue weighted by Crippen LogP contribution is -2.53. The predicted octanol–water partition coefficient (Wildman–Crippen LogP) is 11.4. The molecule has 6 heteroatoms. The maximum Gasteiger partial charge on any atom is 0.159 e. The van der Waals surface area contributed by atoms with Crippen LogP contribution < -0.4 is 5.32 Å². The molecule has 0 saturated carbocycles. The van der Waals surface area contributed by atoms with E-state index in [1.54, 1.807) is 0 Å². The maximum atomic E-state index is 5.64. The molecule has 1 N–H and O–H groups in total. The van der Waals surface area contributed by atoms with E-state index in [-0.39, 0.29) is 30.1 Å². The lowest BCUT2D eigenvalue weighted by Gasteiger charge is -2.41. The molecule has 3 aliphatic heterocycles. The molecule has 280 valence electrons. The molecule has 4 aliphatic carbocycles. The summed E-state index contributed by atoms with van der Waals surface area (Å²) in [4.78, 5) is 20.6. The van der Waals surface area contributed by atoms with Crippen LogP contribution in [0.5, 0.6) is 0 Å². The van der Waals surface area contributed by atoms with Crippen LogP contribution in [-0.2, 0) is 0 Å². The first kappa shape index (κ1) is 34.4. The summed E-state index contributed by atoms with van der Waals surface area (Å²) < 4.78 is 1.36. The van der Waals surface area contributed by atoms with E-state index in [0.29, 0.717) is 5.92 Å². The van der Waals surface area contributed by atoms with Crippen molar-refractivity contribution in [1.82, 2.24) is 10.2 Å². The third kappa shape index (κ3) is 5.92. The summed E-state index contributed by atoms with van der Waals surface area (Å²) in [5, 5.41) is 5.30. The fraction of sp³-hybridized carbons (Fsp3) is 0.235. The Kier molecular flexibility index (Phi) is 8.61. The van der Waals surface area contributed by atoms with Crippen molar-refractivity contribution < 1.29 is 0 Å². The highest BCUT2D eigenvalue weighted by Gasteiger charge is 2.52. The van der Waals surface area contributed by atoms with Crippen molar-refractivity contribution in [2.75, 3.05) is 0 Å². The van der Waals surface area contributed by atoms with Gasteiger partial charge in [0, 0.05) is 27.3 Å². The predicted molar refractivity (Wildman–Crippen MR) is 240 cm³/mol. The summed E-state index contributed by atoms with van der Waals surface area (Å²) >= 11 is 1.97. The second kappa shape index (κ2) is 14.3. The fourth-order valence-corrected chi connectivity index (χ4v) is 11.5. The first-order valence-electron chi connectivity index (χ1n) is 20.6. The Morgan fingerprint density at radius 2 is 1.58 bits per heavy atom. The van der Waals surface area contributed by atoms with Gasteiger partial charge in [-0.2, -0.15) is 0 Å². The van der Waals surface area contributed by atoms with Crippen LogP contribution in [0.15, 0.2) is 172 Å². The minimum Gasteiger partial charge on any atom is -0.348 e. The van der Waals surface area contributed by atoms with Gasteiger partial charge in [-0.05, 0) is 88.5 Å². The molecule has 0 spiro atoms. The van der Waals surface area contributed by atoms with Gasteiger partial charge in [0.25, 0.3) is 0 Å². The van der Waals surface area contributed by atoms with Crippen molar-refractivity contribution in [2.24, 2.45) is 26.8 Å². The van der Waals surface area contributed by atoms with E-state index in [9.17, 15) is 0 Å². The van der Waals surface area contributed by atoms with Crippen molar-refractivity contribution in [3.05, 3.63) is 184 Å². The van der Waals surface area contributed by atoms with Crippen molar-refractivity contribution in [1.29, 1.82) is 0 Å². The fourth-order valence-electron chi connectivity index (χ4n) is 10.1. The van der Waals surface area contributed by atoms with E-state index in [0.717, 1.165) is 55.2 Å². The number of hydrogen-bond donors (Lipinski definition) is 1. The quantitative estimate of drug-likeness (QED) is 0.220. The molecule has 7 aliphatic rings. The number of likely N-dealkylation sites (tertiary alicyclic amines) is 1. The number of nitrogens with zero attached hydrogens (tertiary/aromatic N) is 4. The van der Waals surface area contributed by atoms with E-state index in [2.05, 4.69) is 169 Å². The van der Waals surface area contributed by atoms with Gasteiger partial charge in [-0.3, -0.25) is 0 Å². The summed E-state index contributed by atoms with van der Waals surface area (Å²) in [5.74, 6) is 3.27. The Labute approximate surface area is 339 Å². The number of benzene rings is 3. The van der Waals surface area contributed by atoms with Crippen LogP contribution in [0, 0.1) is 11.8 Å².